The monoisotopic (exact) mass is 528 g/mol. The number of carbonyl (C=O) groups is 1. The van der Waals surface area contributed by atoms with Crippen molar-refractivity contribution in [3.05, 3.63) is 0 Å². The molecule has 1 atom stereocenters. The van der Waals surface area contributed by atoms with Gasteiger partial charge in [0.05, 0.1) is 0 Å². The maximum Gasteiger partial charge on any atom is 0.338 e. The predicted octanol–water partition coefficient (Wildman–Crippen LogP) is -8.95. The Morgan fingerprint density at radius 2 is 0.886 bits per heavy atom. The van der Waals surface area contributed by atoms with Gasteiger partial charge >= 0.3 is 17.7 Å². The molecule has 18 N–H and O–H groups in total. The minimum Gasteiger partial charge on any atom is -0.481 e. The van der Waals surface area contributed by atoms with Crippen molar-refractivity contribution in [3.63, 3.8) is 0 Å². The molecule has 0 aliphatic carbocycles. The average Bonchev–Trinajstić information content (AvgIpc) is 2.65. The van der Waals surface area contributed by atoms with Crippen LogP contribution in [0.15, 0.2) is 0 Å². The van der Waals surface area contributed by atoms with Crippen LogP contribution in [-0.2, 0) is 4.79 Å². The van der Waals surface area contributed by atoms with E-state index in [2.05, 4.69) is 0 Å². The molecule has 0 saturated carbocycles. The fourth-order valence-corrected chi connectivity index (χ4v) is 2.98. The van der Waals surface area contributed by atoms with Gasteiger partial charge in [-0.3, -0.25) is 4.79 Å². The molecule has 0 radical (unpaired) electrons. The van der Waals surface area contributed by atoms with Gasteiger partial charge in [0.15, 0.2) is 0 Å². The molecule has 1 unspecified atom stereocenters. The molecule has 0 spiro atoms. The number of unbranched alkanes of at least 4 members (excludes halogenated alkanes) is 3. The molecule has 0 aliphatic heterocycles. The highest BCUT2D eigenvalue weighted by atomic mass is 16.8. The van der Waals surface area contributed by atoms with Gasteiger partial charge in [-0.25, -0.2) is 0 Å². The third-order valence-electron chi connectivity index (χ3n) is 5.54. The van der Waals surface area contributed by atoms with E-state index in [0.29, 0.717) is 12.8 Å². The minimum absolute atomic E-state index is 0.166. The molecule has 0 aromatic heterocycles. The summed E-state index contributed by atoms with van der Waals surface area (Å²) in [5, 5.41) is 173. The lowest BCUT2D eigenvalue weighted by Gasteiger charge is -2.55. The third-order valence-corrected chi connectivity index (χ3v) is 5.54. The minimum atomic E-state index is -5.84. The second kappa shape index (κ2) is 9.92. The van der Waals surface area contributed by atoms with Gasteiger partial charge in [-0.2, -0.15) is 0 Å². The van der Waals surface area contributed by atoms with E-state index in [1.54, 1.807) is 6.92 Å². The highest BCUT2D eigenvalue weighted by Crippen LogP contribution is 2.47. The number of hydrogen-bond acceptors (Lipinski definition) is 18. The molecular weight excluding hydrogens is 496 g/mol. The van der Waals surface area contributed by atoms with Crippen LogP contribution in [0.3, 0.4) is 0 Å². The Labute approximate surface area is 195 Å². The number of aliphatic hydroxyl groups is 17. The second-order valence-electron chi connectivity index (χ2n) is 8.13. The summed E-state index contributed by atoms with van der Waals surface area (Å²) in [6, 6.07) is 0. The zero-order chi connectivity index (χ0) is 28.7. The van der Waals surface area contributed by atoms with Crippen molar-refractivity contribution < 1.29 is 96.7 Å². The molecule has 0 bridgehead atoms. The number of carboxylic acid groups (broad SMARTS) is 1. The van der Waals surface area contributed by atoms with Crippen LogP contribution in [-0.4, -0.2) is 144 Å². The van der Waals surface area contributed by atoms with Gasteiger partial charge in [0.25, 0.3) is 28.9 Å². The van der Waals surface area contributed by atoms with Gasteiger partial charge in [-0.05, 0) is 6.42 Å². The number of aliphatic carboxylic acids is 1. The maximum absolute atomic E-state index is 11.5. The molecule has 210 valence electrons. The summed E-state index contributed by atoms with van der Waals surface area (Å²) >= 11 is 0. The van der Waals surface area contributed by atoms with Crippen molar-refractivity contribution >= 4 is 5.97 Å². The molecule has 0 saturated heterocycles. The van der Waals surface area contributed by atoms with E-state index in [1.807, 2.05) is 0 Å². The van der Waals surface area contributed by atoms with Crippen LogP contribution in [0.2, 0.25) is 0 Å². The van der Waals surface area contributed by atoms with Crippen LogP contribution < -0.4 is 0 Å². The molecular formula is C16H32O19. The normalized spacial score (nSPS) is 16.4. The summed E-state index contributed by atoms with van der Waals surface area (Å²) in [6.45, 7) is 1.73. The van der Waals surface area contributed by atoms with Crippen molar-refractivity contribution in [1.82, 2.24) is 0 Å². The zero-order valence-corrected chi connectivity index (χ0v) is 18.1. The zero-order valence-electron chi connectivity index (χ0n) is 18.1. The van der Waals surface area contributed by atoms with E-state index in [9.17, 15) is 81.4 Å². The van der Waals surface area contributed by atoms with E-state index in [1.165, 1.54) is 0 Å². The molecule has 19 heteroatoms. The fourth-order valence-electron chi connectivity index (χ4n) is 2.98. The molecule has 0 amide bonds. The summed E-state index contributed by atoms with van der Waals surface area (Å²) in [5.41, 5.74) is 0. The number of carboxylic acids is 1. The molecule has 0 aliphatic rings. The van der Waals surface area contributed by atoms with E-state index in [4.69, 9.17) is 15.3 Å². The highest BCUT2D eigenvalue weighted by molar-refractivity contribution is 5.71. The Balaban J connectivity index is 6.69. The Hall–Kier alpha value is -1.21. The summed E-state index contributed by atoms with van der Waals surface area (Å²) < 4.78 is 0. The smallest absolute Gasteiger partial charge is 0.338 e. The van der Waals surface area contributed by atoms with E-state index < -0.39 is 64.8 Å². The maximum atomic E-state index is 11.5. The number of rotatable bonds is 14. The third kappa shape index (κ3) is 5.14. The molecule has 0 aromatic rings. The first-order chi connectivity index (χ1) is 15.1. The lowest BCUT2D eigenvalue weighted by atomic mass is 9.75. The molecule has 19 nitrogen and oxygen atoms in total. The highest BCUT2D eigenvalue weighted by Gasteiger charge is 2.84. The fraction of sp³-hybridized carbons (Fsp3) is 0.938. The standard InChI is InChI=1S/C16H32O19/c1-2-3-4-5-6-7(8(17)18)9(19,20)10(21,22)11(23,24)12(25,26)13(27,28)14(29,30)15(31,32)16(33,34)35/h7,19-35H,2-6H2,1H3,(H,17,18). The second-order valence-corrected chi connectivity index (χ2v) is 8.13. The molecule has 0 rings (SSSR count). The van der Waals surface area contributed by atoms with E-state index >= 15 is 0 Å². The summed E-state index contributed by atoms with van der Waals surface area (Å²) in [4.78, 5) is 11.5. The summed E-state index contributed by atoms with van der Waals surface area (Å²) in [5.74, 6) is -48.9. The van der Waals surface area contributed by atoms with Crippen LogP contribution >= 0.6 is 0 Å². The SMILES string of the molecule is CCCCCCC(C(=O)O)C(O)(O)C(O)(O)C(O)(O)C(O)(O)C(O)(O)C(O)(O)C(O)(O)C(O)(O)O. The predicted molar refractivity (Wildman–Crippen MR) is 99.5 cm³/mol. The number of hydrogen-bond donors (Lipinski definition) is 18. The Morgan fingerprint density at radius 3 is 1.20 bits per heavy atom. The summed E-state index contributed by atoms with van der Waals surface area (Å²) in [6.07, 6.45) is 0.310. The first-order valence-electron chi connectivity index (χ1n) is 9.67. The van der Waals surface area contributed by atoms with Gasteiger partial charge < -0.3 is 91.9 Å². The lowest BCUT2D eigenvalue weighted by molar-refractivity contribution is -0.599. The van der Waals surface area contributed by atoms with Crippen molar-refractivity contribution in [1.29, 1.82) is 0 Å². The molecule has 0 aromatic carbocycles. The van der Waals surface area contributed by atoms with Crippen LogP contribution in [0.5, 0.6) is 0 Å². The van der Waals surface area contributed by atoms with Crippen LogP contribution in [0.4, 0.5) is 0 Å². The van der Waals surface area contributed by atoms with Crippen molar-refractivity contribution in [2.75, 3.05) is 0 Å². The topological polar surface area (TPSA) is 381 Å². The van der Waals surface area contributed by atoms with Crippen LogP contribution in [0, 0.1) is 5.92 Å². The lowest BCUT2D eigenvalue weighted by Crippen LogP contribution is -2.88. The quantitative estimate of drug-likeness (QED) is 0.0734. The first-order valence-corrected chi connectivity index (χ1v) is 9.67. The van der Waals surface area contributed by atoms with Gasteiger partial charge in [0, 0.05) is 0 Å². The van der Waals surface area contributed by atoms with Gasteiger partial charge in [-0.1, -0.05) is 32.6 Å². The molecule has 0 heterocycles. The molecule has 0 fully saturated rings. The van der Waals surface area contributed by atoms with E-state index in [-0.39, 0.29) is 12.8 Å². The Morgan fingerprint density at radius 1 is 0.543 bits per heavy atom. The first kappa shape index (κ1) is 33.8. The van der Waals surface area contributed by atoms with Gasteiger partial charge in [-0.15, -0.1) is 0 Å². The van der Waals surface area contributed by atoms with Gasteiger partial charge in [0.1, 0.15) is 5.92 Å². The Bertz CT molecular complexity index is 732. The van der Waals surface area contributed by atoms with Crippen LogP contribution in [0.1, 0.15) is 39.0 Å². The van der Waals surface area contributed by atoms with Gasteiger partial charge in [0.2, 0.25) is 5.79 Å². The van der Waals surface area contributed by atoms with E-state index in [0.717, 1.165) is 0 Å². The van der Waals surface area contributed by atoms with Crippen molar-refractivity contribution in [2.24, 2.45) is 5.92 Å². The van der Waals surface area contributed by atoms with Crippen LogP contribution in [0.25, 0.3) is 0 Å². The Kier molecular flexibility index (Phi) is 9.58. The average molecular weight is 528 g/mol. The largest absolute Gasteiger partial charge is 0.481 e. The van der Waals surface area contributed by atoms with Crippen molar-refractivity contribution in [2.45, 2.75) is 85.5 Å². The molecule has 35 heavy (non-hydrogen) atoms. The summed E-state index contributed by atoms with van der Waals surface area (Å²) in [7, 11) is 0. The van der Waals surface area contributed by atoms with Crippen molar-refractivity contribution in [3.8, 4) is 0 Å².